The molecule has 4 heteroatoms. The summed E-state index contributed by atoms with van der Waals surface area (Å²) in [7, 11) is 4.12. The molecule has 1 fully saturated rings. The molecule has 0 spiro atoms. The van der Waals surface area contributed by atoms with Gasteiger partial charge in [0.15, 0.2) is 0 Å². The molecule has 0 amide bonds. The molecule has 0 radical (unpaired) electrons. The Morgan fingerprint density at radius 3 is 3.00 bits per heavy atom. The van der Waals surface area contributed by atoms with E-state index in [1.807, 2.05) is 7.05 Å². The summed E-state index contributed by atoms with van der Waals surface area (Å²) in [5.41, 5.74) is 1.19. The number of imidazole rings is 1. The molecular formula is C12H22N4. The van der Waals surface area contributed by atoms with Crippen LogP contribution in [0.2, 0.25) is 0 Å². The first kappa shape index (κ1) is 11.5. The van der Waals surface area contributed by atoms with Crippen molar-refractivity contribution in [2.24, 2.45) is 13.0 Å². The summed E-state index contributed by atoms with van der Waals surface area (Å²) in [5.74, 6) is 1.90. The average Bonchev–Trinajstić information content (AvgIpc) is 2.85. The second kappa shape index (κ2) is 4.87. The number of hydrogen-bond acceptors (Lipinski definition) is 3. The number of hydrogen-bond donors (Lipinski definition) is 1. The molecule has 1 atom stereocenters. The molecule has 1 aromatic rings. The fraction of sp³-hybridized carbons (Fsp3) is 0.750. The van der Waals surface area contributed by atoms with Gasteiger partial charge < -0.3 is 14.8 Å². The van der Waals surface area contributed by atoms with E-state index in [1.54, 1.807) is 0 Å². The largest absolute Gasteiger partial charge is 0.342 e. The number of aromatic nitrogens is 2. The quantitative estimate of drug-likeness (QED) is 0.826. The Hall–Kier alpha value is -1.03. The SMILES string of the molecule is CCc1cn(C)c(N2CCC(CNC)C2)n1. The molecule has 1 aliphatic heterocycles. The predicted octanol–water partition coefficient (Wildman–Crippen LogP) is 1.03. The summed E-state index contributed by atoms with van der Waals surface area (Å²) in [4.78, 5) is 7.08. The molecule has 0 aromatic carbocycles. The van der Waals surface area contributed by atoms with Crippen molar-refractivity contribution in [1.82, 2.24) is 14.9 Å². The highest BCUT2D eigenvalue weighted by Gasteiger charge is 2.24. The fourth-order valence-electron chi connectivity index (χ4n) is 2.45. The van der Waals surface area contributed by atoms with Crippen LogP contribution in [0.3, 0.4) is 0 Å². The Morgan fingerprint density at radius 2 is 2.38 bits per heavy atom. The van der Waals surface area contributed by atoms with E-state index in [0.29, 0.717) is 0 Å². The Bertz CT molecular complexity index is 345. The summed E-state index contributed by atoms with van der Waals surface area (Å²) < 4.78 is 2.15. The lowest BCUT2D eigenvalue weighted by Gasteiger charge is -2.17. The molecule has 1 aliphatic rings. The van der Waals surface area contributed by atoms with Gasteiger partial charge in [-0.15, -0.1) is 0 Å². The van der Waals surface area contributed by atoms with Gasteiger partial charge in [0.1, 0.15) is 0 Å². The van der Waals surface area contributed by atoms with Gasteiger partial charge in [0.25, 0.3) is 0 Å². The van der Waals surface area contributed by atoms with Gasteiger partial charge in [0.05, 0.1) is 5.69 Å². The highest BCUT2D eigenvalue weighted by Crippen LogP contribution is 2.22. The maximum Gasteiger partial charge on any atom is 0.205 e. The van der Waals surface area contributed by atoms with E-state index >= 15 is 0 Å². The van der Waals surface area contributed by atoms with Crippen molar-refractivity contribution in [3.05, 3.63) is 11.9 Å². The van der Waals surface area contributed by atoms with Gasteiger partial charge in [-0.2, -0.15) is 0 Å². The van der Waals surface area contributed by atoms with Gasteiger partial charge in [-0.05, 0) is 32.4 Å². The zero-order chi connectivity index (χ0) is 11.5. The third-order valence-electron chi connectivity index (χ3n) is 3.33. The standard InChI is InChI=1S/C12H22N4/c1-4-11-9-15(3)12(14-11)16-6-5-10(8-16)7-13-2/h9-10,13H,4-8H2,1-3H3. The Morgan fingerprint density at radius 1 is 1.56 bits per heavy atom. The number of rotatable bonds is 4. The van der Waals surface area contributed by atoms with Gasteiger partial charge in [-0.25, -0.2) is 4.98 Å². The van der Waals surface area contributed by atoms with E-state index in [-0.39, 0.29) is 0 Å². The summed E-state index contributed by atoms with van der Waals surface area (Å²) >= 11 is 0. The summed E-state index contributed by atoms with van der Waals surface area (Å²) in [6, 6.07) is 0. The molecular weight excluding hydrogens is 200 g/mol. The normalized spacial score (nSPS) is 20.7. The highest BCUT2D eigenvalue weighted by atomic mass is 15.3. The number of anilines is 1. The van der Waals surface area contributed by atoms with Crippen LogP contribution in [0.15, 0.2) is 6.20 Å². The van der Waals surface area contributed by atoms with Crippen molar-refractivity contribution >= 4 is 5.95 Å². The molecule has 0 bridgehead atoms. The summed E-state index contributed by atoms with van der Waals surface area (Å²) in [6.07, 6.45) is 4.43. The minimum atomic E-state index is 0.770. The second-order valence-electron chi connectivity index (χ2n) is 4.66. The van der Waals surface area contributed by atoms with E-state index < -0.39 is 0 Å². The minimum absolute atomic E-state index is 0.770. The Labute approximate surface area is 97.7 Å². The van der Waals surface area contributed by atoms with Crippen LogP contribution >= 0.6 is 0 Å². The molecule has 1 N–H and O–H groups in total. The van der Waals surface area contributed by atoms with Crippen LogP contribution in [0.5, 0.6) is 0 Å². The fourth-order valence-corrected chi connectivity index (χ4v) is 2.45. The Kier molecular flexibility index (Phi) is 3.49. The van der Waals surface area contributed by atoms with Crippen LogP contribution in [-0.4, -0.2) is 36.2 Å². The highest BCUT2D eigenvalue weighted by molar-refractivity contribution is 5.35. The lowest BCUT2D eigenvalue weighted by molar-refractivity contribution is 0.548. The van der Waals surface area contributed by atoms with E-state index in [1.165, 1.54) is 12.1 Å². The van der Waals surface area contributed by atoms with Crippen molar-refractivity contribution < 1.29 is 0 Å². The monoisotopic (exact) mass is 222 g/mol. The van der Waals surface area contributed by atoms with Crippen LogP contribution in [0.4, 0.5) is 5.95 Å². The van der Waals surface area contributed by atoms with E-state index in [9.17, 15) is 0 Å². The van der Waals surface area contributed by atoms with Gasteiger partial charge in [-0.1, -0.05) is 6.92 Å². The van der Waals surface area contributed by atoms with Gasteiger partial charge in [-0.3, -0.25) is 0 Å². The molecule has 0 saturated carbocycles. The number of nitrogens with one attached hydrogen (secondary N) is 1. The molecule has 2 rings (SSSR count). The Balaban J connectivity index is 2.05. The first-order chi connectivity index (χ1) is 7.74. The molecule has 1 aromatic heterocycles. The molecule has 90 valence electrons. The molecule has 16 heavy (non-hydrogen) atoms. The third kappa shape index (κ3) is 2.21. The number of aryl methyl sites for hydroxylation is 2. The lowest BCUT2D eigenvalue weighted by Crippen LogP contribution is -2.26. The van der Waals surface area contributed by atoms with Crippen molar-refractivity contribution in [2.45, 2.75) is 19.8 Å². The van der Waals surface area contributed by atoms with Gasteiger partial charge in [0.2, 0.25) is 5.95 Å². The maximum atomic E-state index is 4.67. The lowest BCUT2D eigenvalue weighted by atomic mass is 10.1. The molecule has 2 heterocycles. The molecule has 1 unspecified atom stereocenters. The molecule has 0 aliphatic carbocycles. The maximum absolute atomic E-state index is 4.67. The van der Waals surface area contributed by atoms with Gasteiger partial charge >= 0.3 is 0 Å². The zero-order valence-electron chi connectivity index (χ0n) is 10.5. The second-order valence-corrected chi connectivity index (χ2v) is 4.66. The van der Waals surface area contributed by atoms with Crippen molar-refractivity contribution in [1.29, 1.82) is 0 Å². The molecule has 4 nitrogen and oxygen atoms in total. The van der Waals surface area contributed by atoms with Crippen molar-refractivity contribution in [3.8, 4) is 0 Å². The first-order valence-corrected chi connectivity index (χ1v) is 6.16. The summed E-state index contributed by atoms with van der Waals surface area (Å²) in [6.45, 7) is 5.54. The predicted molar refractivity (Wildman–Crippen MR) is 66.8 cm³/mol. The third-order valence-corrected chi connectivity index (χ3v) is 3.33. The summed E-state index contributed by atoms with van der Waals surface area (Å²) in [5, 5.41) is 3.26. The van der Waals surface area contributed by atoms with E-state index in [2.05, 4.69) is 39.9 Å². The zero-order valence-corrected chi connectivity index (χ0v) is 10.5. The van der Waals surface area contributed by atoms with Crippen LogP contribution < -0.4 is 10.2 Å². The van der Waals surface area contributed by atoms with Crippen LogP contribution in [-0.2, 0) is 13.5 Å². The number of nitrogens with zero attached hydrogens (tertiary/aromatic N) is 3. The minimum Gasteiger partial charge on any atom is -0.342 e. The van der Waals surface area contributed by atoms with Crippen LogP contribution in [0, 0.1) is 5.92 Å². The van der Waals surface area contributed by atoms with Crippen molar-refractivity contribution in [2.75, 3.05) is 31.6 Å². The smallest absolute Gasteiger partial charge is 0.205 e. The van der Waals surface area contributed by atoms with Crippen LogP contribution in [0.25, 0.3) is 0 Å². The molecule has 1 saturated heterocycles. The van der Waals surface area contributed by atoms with E-state index in [0.717, 1.165) is 37.9 Å². The van der Waals surface area contributed by atoms with Gasteiger partial charge in [0, 0.05) is 26.3 Å². The topological polar surface area (TPSA) is 33.1 Å². The first-order valence-electron chi connectivity index (χ1n) is 6.16. The van der Waals surface area contributed by atoms with Crippen molar-refractivity contribution in [3.63, 3.8) is 0 Å². The van der Waals surface area contributed by atoms with E-state index in [4.69, 9.17) is 0 Å². The van der Waals surface area contributed by atoms with Crippen LogP contribution in [0.1, 0.15) is 19.0 Å². The average molecular weight is 222 g/mol.